The molecule has 0 fully saturated rings. The largest absolute Gasteiger partial charge is 0.481 e. The van der Waals surface area contributed by atoms with Crippen LogP contribution in [-0.4, -0.2) is 54.9 Å². The van der Waals surface area contributed by atoms with E-state index in [9.17, 15) is 18.0 Å². The number of hydrogen-bond donors (Lipinski definition) is 1. The Hall–Kier alpha value is -1.11. The van der Waals surface area contributed by atoms with Crippen molar-refractivity contribution in [3.05, 3.63) is 0 Å². The van der Waals surface area contributed by atoms with Gasteiger partial charge in [0, 0.05) is 18.8 Å². The quantitative estimate of drug-likeness (QED) is 0.673. The first-order chi connectivity index (χ1) is 7.32. The third-order valence-corrected chi connectivity index (χ3v) is 3.68. The molecule has 0 aromatic heterocycles. The summed E-state index contributed by atoms with van der Waals surface area (Å²) in [5.41, 5.74) is 0. The summed E-state index contributed by atoms with van der Waals surface area (Å²) in [5, 5.41) is 8.46. The lowest BCUT2D eigenvalue weighted by Crippen LogP contribution is -2.37. The summed E-state index contributed by atoms with van der Waals surface area (Å²) in [5.74, 6) is -2.18. The Morgan fingerprint density at radius 1 is 1.25 bits per heavy atom. The van der Waals surface area contributed by atoms with Gasteiger partial charge in [-0.1, -0.05) is 6.92 Å². The van der Waals surface area contributed by atoms with Gasteiger partial charge in [0.2, 0.25) is 5.91 Å². The van der Waals surface area contributed by atoms with Crippen LogP contribution in [0.1, 0.15) is 20.3 Å². The Labute approximate surface area is 95.2 Å². The van der Waals surface area contributed by atoms with E-state index in [0.29, 0.717) is 6.54 Å². The van der Waals surface area contributed by atoms with E-state index in [1.807, 2.05) is 0 Å². The van der Waals surface area contributed by atoms with Crippen molar-refractivity contribution in [2.45, 2.75) is 20.3 Å². The van der Waals surface area contributed by atoms with Gasteiger partial charge in [-0.15, -0.1) is 0 Å². The number of carbonyl (C=O) groups excluding carboxylic acids is 1. The normalized spacial score (nSPS) is 11.1. The van der Waals surface area contributed by atoms with Crippen LogP contribution in [0.25, 0.3) is 0 Å². The smallest absolute Gasteiger partial charge is 0.305 e. The molecule has 16 heavy (non-hydrogen) atoms. The zero-order chi connectivity index (χ0) is 12.8. The molecule has 0 aliphatic carbocycles. The molecule has 0 rings (SSSR count). The molecule has 1 amide bonds. The molecule has 1 N–H and O–H groups in total. The second kappa shape index (κ2) is 6.47. The number of aliphatic carboxylic acids is 1. The maximum Gasteiger partial charge on any atom is 0.305 e. The Kier molecular flexibility index (Phi) is 6.02. The Bertz CT molecular complexity index is 349. The highest BCUT2D eigenvalue weighted by atomic mass is 32.2. The minimum Gasteiger partial charge on any atom is -0.481 e. The molecular formula is C9H17NO5S. The molecule has 94 valence electrons. The van der Waals surface area contributed by atoms with Crippen molar-refractivity contribution in [2.75, 3.05) is 24.6 Å². The van der Waals surface area contributed by atoms with Gasteiger partial charge >= 0.3 is 5.97 Å². The monoisotopic (exact) mass is 251 g/mol. The average Bonchev–Trinajstić information content (AvgIpc) is 2.17. The second-order valence-corrected chi connectivity index (χ2v) is 5.65. The molecule has 0 aliphatic heterocycles. The van der Waals surface area contributed by atoms with E-state index in [2.05, 4.69) is 0 Å². The van der Waals surface area contributed by atoms with Crippen LogP contribution < -0.4 is 0 Å². The predicted molar refractivity (Wildman–Crippen MR) is 58.8 cm³/mol. The van der Waals surface area contributed by atoms with Crippen molar-refractivity contribution in [2.24, 2.45) is 0 Å². The first-order valence-electron chi connectivity index (χ1n) is 5.02. The number of carboxylic acid groups (broad SMARTS) is 1. The summed E-state index contributed by atoms with van der Waals surface area (Å²) in [6.07, 6.45) is -0.175. The highest BCUT2D eigenvalue weighted by molar-refractivity contribution is 7.92. The van der Waals surface area contributed by atoms with E-state index in [4.69, 9.17) is 5.11 Å². The molecule has 7 heteroatoms. The fourth-order valence-corrected chi connectivity index (χ4v) is 1.83. The molecular weight excluding hydrogens is 234 g/mol. The Morgan fingerprint density at radius 3 is 2.19 bits per heavy atom. The number of carbonyl (C=O) groups is 2. The first kappa shape index (κ1) is 14.9. The lowest BCUT2D eigenvalue weighted by molar-refractivity contribution is -0.138. The number of carboxylic acids is 1. The highest BCUT2D eigenvalue weighted by Crippen LogP contribution is 1.98. The average molecular weight is 251 g/mol. The molecule has 0 aromatic rings. The number of amides is 1. The number of rotatable bonds is 7. The minimum atomic E-state index is -3.35. The van der Waals surface area contributed by atoms with E-state index < -0.39 is 27.5 Å². The van der Waals surface area contributed by atoms with Gasteiger partial charge in [-0.3, -0.25) is 9.59 Å². The van der Waals surface area contributed by atoms with Crippen molar-refractivity contribution in [1.82, 2.24) is 4.90 Å². The maximum atomic E-state index is 11.5. The van der Waals surface area contributed by atoms with E-state index in [1.165, 1.54) is 11.8 Å². The molecule has 0 radical (unpaired) electrons. The minimum absolute atomic E-state index is 0.0455. The van der Waals surface area contributed by atoms with Crippen LogP contribution in [-0.2, 0) is 19.4 Å². The molecule has 0 aliphatic rings. The third kappa shape index (κ3) is 5.69. The van der Waals surface area contributed by atoms with Crippen molar-refractivity contribution < 1.29 is 23.1 Å². The third-order valence-electron chi connectivity index (χ3n) is 2.11. The van der Waals surface area contributed by atoms with Gasteiger partial charge in [0.05, 0.1) is 6.42 Å². The summed E-state index contributed by atoms with van der Waals surface area (Å²) in [7, 11) is -3.35. The summed E-state index contributed by atoms with van der Waals surface area (Å²) >= 11 is 0. The molecule has 0 aromatic carbocycles. The zero-order valence-electron chi connectivity index (χ0n) is 9.47. The Balaban J connectivity index is 4.37. The summed E-state index contributed by atoms with van der Waals surface area (Å²) < 4.78 is 22.4. The van der Waals surface area contributed by atoms with Crippen molar-refractivity contribution >= 4 is 21.7 Å². The SMILES string of the molecule is CCN(CCC(=O)O)C(=O)CS(=O)(=O)CC. The van der Waals surface area contributed by atoms with Crippen LogP contribution in [0.2, 0.25) is 0 Å². The molecule has 0 bridgehead atoms. The van der Waals surface area contributed by atoms with Crippen LogP contribution in [0, 0.1) is 0 Å². The number of hydrogen-bond acceptors (Lipinski definition) is 4. The molecule has 0 spiro atoms. The predicted octanol–water partition coefficient (Wildman–Crippen LogP) is -0.256. The van der Waals surface area contributed by atoms with E-state index in [-0.39, 0.29) is 18.7 Å². The summed E-state index contributed by atoms with van der Waals surface area (Å²) in [4.78, 5) is 23.1. The maximum absolute atomic E-state index is 11.5. The van der Waals surface area contributed by atoms with Crippen LogP contribution in [0.4, 0.5) is 0 Å². The molecule has 6 nitrogen and oxygen atoms in total. The van der Waals surface area contributed by atoms with Gasteiger partial charge in [-0.05, 0) is 6.92 Å². The van der Waals surface area contributed by atoms with Crippen molar-refractivity contribution in [3.8, 4) is 0 Å². The van der Waals surface area contributed by atoms with Crippen LogP contribution in [0.5, 0.6) is 0 Å². The fourth-order valence-electron chi connectivity index (χ4n) is 1.07. The lowest BCUT2D eigenvalue weighted by Gasteiger charge is -2.19. The first-order valence-corrected chi connectivity index (χ1v) is 6.84. The van der Waals surface area contributed by atoms with Crippen LogP contribution in [0.15, 0.2) is 0 Å². The number of nitrogens with zero attached hydrogens (tertiary/aromatic N) is 1. The van der Waals surface area contributed by atoms with Crippen LogP contribution in [0.3, 0.4) is 0 Å². The van der Waals surface area contributed by atoms with E-state index in [0.717, 1.165) is 0 Å². The molecule has 0 saturated carbocycles. The molecule has 0 unspecified atom stereocenters. The summed E-state index contributed by atoms with van der Waals surface area (Å²) in [6.45, 7) is 3.50. The van der Waals surface area contributed by atoms with E-state index in [1.54, 1.807) is 6.92 Å². The van der Waals surface area contributed by atoms with Crippen molar-refractivity contribution in [3.63, 3.8) is 0 Å². The molecule has 0 saturated heterocycles. The standard InChI is InChI=1S/C9H17NO5S/c1-3-10(6-5-9(12)13)8(11)7-16(14,15)4-2/h3-7H2,1-2H3,(H,12,13). The van der Waals surface area contributed by atoms with E-state index >= 15 is 0 Å². The van der Waals surface area contributed by atoms with Gasteiger partial charge in [-0.2, -0.15) is 0 Å². The van der Waals surface area contributed by atoms with Crippen LogP contribution >= 0.6 is 0 Å². The Morgan fingerprint density at radius 2 is 1.81 bits per heavy atom. The van der Waals surface area contributed by atoms with Gasteiger partial charge in [0.1, 0.15) is 5.75 Å². The summed E-state index contributed by atoms with van der Waals surface area (Å²) in [6, 6.07) is 0. The number of sulfone groups is 1. The molecule has 0 atom stereocenters. The van der Waals surface area contributed by atoms with Crippen molar-refractivity contribution in [1.29, 1.82) is 0 Å². The van der Waals surface area contributed by atoms with Gasteiger partial charge < -0.3 is 10.0 Å². The lowest BCUT2D eigenvalue weighted by atomic mass is 10.4. The van der Waals surface area contributed by atoms with Gasteiger partial charge in [-0.25, -0.2) is 8.42 Å². The fraction of sp³-hybridized carbons (Fsp3) is 0.778. The van der Waals surface area contributed by atoms with Gasteiger partial charge in [0.15, 0.2) is 9.84 Å². The zero-order valence-corrected chi connectivity index (χ0v) is 10.3. The molecule has 0 heterocycles. The highest BCUT2D eigenvalue weighted by Gasteiger charge is 2.19. The van der Waals surface area contributed by atoms with Gasteiger partial charge in [0.25, 0.3) is 0 Å². The second-order valence-electron chi connectivity index (χ2n) is 3.29. The topological polar surface area (TPSA) is 91.8 Å².